The number of aromatic nitrogens is 3. The van der Waals surface area contributed by atoms with Gasteiger partial charge in [0.25, 0.3) is 5.91 Å². The molecule has 34 heavy (non-hydrogen) atoms. The van der Waals surface area contributed by atoms with Crippen molar-refractivity contribution in [2.45, 2.75) is 5.16 Å². The lowest BCUT2D eigenvalue weighted by molar-refractivity contribution is -0.118. The number of nitrogens with one attached hydrogen (secondary N) is 1. The highest BCUT2D eigenvalue weighted by molar-refractivity contribution is 7.99. The summed E-state index contributed by atoms with van der Waals surface area (Å²) in [6.45, 7) is 0. The van der Waals surface area contributed by atoms with Gasteiger partial charge in [-0.2, -0.15) is 5.10 Å². The molecule has 1 N–H and O–H groups in total. The second kappa shape index (κ2) is 11.0. The molecule has 7 nitrogen and oxygen atoms in total. The monoisotopic (exact) mass is 495 g/mol. The fourth-order valence-electron chi connectivity index (χ4n) is 3.04. The van der Waals surface area contributed by atoms with Crippen molar-refractivity contribution in [1.82, 2.24) is 20.2 Å². The molecule has 0 aliphatic heterocycles. The van der Waals surface area contributed by atoms with E-state index in [2.05, 4.69) is 20.7 Å². The van der Waals surface area contributed by atoms with Crippen LogP contribution in [0.15, 0.2) is 83.1 Å². The van der Waals surface area contributed by atoms with E-state index in [-0.39, 0.29) is 17.5 Å². The maximum Gasteiger partial charge on any atom is 0.250 e. The summed E-state index contributed by atoms with van der Waals surface area (Å²) in [5.41, 5.74) is 4.61. The maximum absolute atomic E-state index is 13.2. The van der Waals surface area contributed by atoms with Crippen LogP contribution in [-0.4, -0.2) is 39.7 Å². The van der Waals surface area contributed by atoms with Crippen LogP contribution in [0.2, 0.25) is 5.02 Å². The van der Waals surface area contributed by atoms with Gasteiger partial charge in [0.05, 0.1) is 19.1 Å². The molecule has 172 valence electrons. The zero-order valence-corrected chi connectivity index (χ0v) is 19.6. The summed E-state index contributed by atoms with van der Waals surface area (Å²) in [4.78, 5) is 12.3. The number of amides is 1. The van der Waals surface area contributed by atoms with E-state index in [1.807, 2.05) is 41.0 Å². The standard InChI is InChI=1S/C24H19ClFN5O2S/c1-33-21-11-5-17(6-12-21)23-29-30-24(31(23)20-9-7-18(25)8-10-20)34-15-22(32)28-27-14-16-3-2-4-19(26)13-16/h2-14H,15H2,1H3,(H,28,32). The summed E-state index contributed by atoms with van der Waals surface area (Å²) >= 11 is 7.27. The minimum Gasteiger partial charge on any atom is -0.497 e. The summed E-state index contributed by atoms with van der Waals surface area (Å²) in [6.07, 6.45) is 1.38. The molecule has 10 heteroatoms. The molecule has 0 radical (unpaired) electrons. The van der Waals surface area contributed by atoms with Crippen LogP contribution < -0.4 is 10.2 Å². The molecule has 3 aromatic carbocycles. The predicted molar refractivity (Wildman–Crippen MR) is 131 cm³/mol. The van der Waals surface area contributed by atoms with E-state index >= 15 is 0 Å². The van der Waals surface area contributed by atoms with Crippen LogP contribution in [0.1, 0.15) is 5.56 Å². The highest BCUT2D eigenvalue weighted by Crippen LogP contribution is 2.29. The Morgan fingerprint density at radius 2 is 1.91 bits per heavy atom. The van der Waals surface area contributed by atoms with Gasteiger partial charge in [-0.25, -0.2) is 9.82 Å². The van der Waals surface area contributed by atoms with Crippen LogP contribution in [0, 0.1) is 5.82 Å². The number of rotatable bonds is 8. The molecule has 0 saturated heterocycles. The smallest absolute Gasteiger partial charge is 0.250 e. The highest BCUT2D eigenvalue weighted by atomic mass is 35.5. The Hall–Kier alpha value is -3.69. The molecule has 0 aliphatic rings. The van der Waals surface area contributed by atoms with Gasteiger partial charge in [0.15, 0.2) is 11.0 Å². The Labute approximate surface area is 204 Å². The minimum absolute atomic E-state index is 0.0504. The minimum atomic E-state index is -0.375. The molecule has 0 unspecified atom stereocenters. The van der Waals surface area contributed by atoms with Crippen molar-refractivity contribution < 1.29 is 13.9 Å². The first-order valence-corrected chi connectivity index (χ1v) is 11.5. The Morgan fingerprint density at radius 3 is 2.62 bits per heavy atom. The maximum atomic E-state index is 13.2. The fraction of sp³-hybridized carbons (Fsp3) is 0.0833. The summed E-state index contributed by atoms with van der Waals surface area (Å²) in [7, 11) is 1.60. The average molecular weight is 496 g/mol. The quantitative estimate of drug-likeness (QED) is 0.212. The Balaban J connectivity index is 1.52. The molecule has 0 saturated carbocycles. The fourth-order valence-corrected chi connectivity index (χ4v) is 3.91. The summed E-state index contributed by atoms with van der Waals surface area (Å²) < 4.78 is 20.3. The first-order chi connectivity index (χ1) is 16.5. The lowest BCUT2D eigenvalue weighted by atomic mass is 10.2. The molecule has 0 bridgehead atoms. The number of halogens is 2. The van der Waals surface area contributed by atoms with Crippen LogP contribution in [0.3, 0.4) is 0 Å². The number of thioether (sulfide) groups is 1. The predicted octanol–water partition coefficient (Wildman–Crippen LogP) is 4.98. The van der Waals surface area contributed by atoms with E-state index in [0.717, 1.165) is 17.0 Å². The lowest BCUT2D eigenvalue weighted by Gasteiger charge is -2.11. The zero-order chi connectivity index (χ0) is 23.9. The summed E-state index contributed by atoms with van der Waals surface area (Å²) in [6, 6.07) is 20.6. The normalized spacial score (nSPS) is 11.0. The van der Waals surface area contributed by atoms with Crippen molar-refractivity contribution in [3.8, 4) is 22.8 Å². The number of hydrogen-bond donors (Lipinski definition) is 1. The Kier molecular flexibility index (Phi) is 7.56. The largest absolute Gasteiger partial charge is 0.497 e. The highest BCUT2D eigenvalue weighted by Gasteiger charge is 2.17. The molecule has 4 aromatic rings. The van der Waals surface area contributed by atoms with Crippen molar-refractivity contribution in [1.29, 1.82) is 0 Å². The third kappa shape index (κ3) is 5.81. The number of ether oxygens (including phenoxy) is 1. The molecular formula is C24H19ClFN5O2S. The molecule has 0 fully saturated rings. The number of nitrogens with zero attached hydrogens (tertiary/aromatic N) is 4. The van der Waals surface area contributed by atoms with Gasteiger partial charge in [-0.15, -0.1) is 10.2 Å². The van der Waals surface area contributed by atoms with E-state index in [0.29, 0.717) is 21.6 Å². The van der Waals surface area contributed by atoms with Crippen LogP contribution in [0.4, 0.5) is 4.39 Å². The number of methoxy groups -OCH3 is 1. The molecule has 1 amide bonds. The van der Waals surface area contributed by atoms with Crippen molar-refractivity contribution in [3.63, 3.8) is 0 Å². The van der Waals surface area contributed by atoms with Gasteiger partial charge in [0.2, 0.25) is 0 Å². The van der Waals surface area contributed by atoms with E-state index in [1.165, 1.54) is 30.1 Å². The molecule has 0 aliphatic carbocycles. The number of hydrazone groups is 1. The Bertz CT molecular complexity index is 1310. The van der Waals surface area contributed by atoms with Crippen LogP contribution in [0.5, 0.6) is 5.75 Å². The molecule has 1 heterocycles. The van der Waals surface area contributed by atoms with Gasteiger partial charge < -0.3 is 4.74 Å². The Morgan fingerprint density at radius 1 is 1.15 bits per heavy atom. The van der Waals surface area contributed by atoms with E-state index in [1.54, 1.807) is 31.4 Å². The van der Waals surface area contributed by atoms with Crippen molar-refractivity contribution in [2.24, 2.45) is 5.10 Å². The topological polar surface area (TPSA) is 81.4 Å². The second-order valence-electron chi connectivity index (χ2n) is 6.98. The van der Waals surface area contributed by atoms with Gasteiger partial charge in [-0.1, -0.05) is 35.5 Å². The van der Waals surface area contributed by atoms with Crippen molar-refractivity contribution in [2.75, 3.05) is 12.9 Å². The number of carbonyl (C=O) groups is 1. The van der Waals surface area contributed by atoms with Crippen LogP contribution in [0.25, 0.3) is 17.1 Å². The van der Waals surface area contributed by atoms with Gasteiger partial charge >= 0.3 is 0 Å². The molecule has 1 aromatic heterocycles. The van der Waals surface area contributed by atoms with Gasteiger partial charge in [0.1, 0.15) is 11.6 Å². The van der Waals surface area contributed by atoms with Gasteiger partial charge in [-0.05, 0) is 66.2 Å². The van der Waals surface area contributed by atoms with E-state index in [9.17, 15) is 9.18 Å². The first-order valence-electron chi connectivity index (χ1n) is 10.1. The second-order valence-corrected chi connectivity index (χ2v) is 8.36. The molecule has 0 atom stereocenters. The third-order valence-electron chi connectivity index (χ3n) is 4.65. The lowest BCUT2D eigenvalue weighted by Crippen LogP contribution is -2.20. The average Bonchev–Trinajstić information content (AvgIpc) is 3.27. The SMILES string of the molecule is COc1ccc(-c2nnc(SCC(=O)NN=Cc3cccc(F)c3)n2-c2ccc(Cl)cc2)cc1. The number of carbonyl (C=O) groups excluding carboxylic acids is 1. The van der Waals surface area contributed by atoms with Crippen molar-refractivity contribution in [3.05, 3.63) is 89.2 Å². The number of hydrogen-bond acceptors (Lipinski definition) is 6. The van der Waals surface area contributed by atoms with Crippen LogP contribution >= 0.6 is 23.4 Å². The third-order valence-corrected chi connectivity index (χ3v) is 5.83. The molecule has 0 spiro atoms. The summed E-state index contributed by atoms with van der Waals surface area (Å²) in [5, 5.41) is 13.7. The molecular weight excluding hydrogens is 477 g/mol. The van der Waals surface area contributed by atoms with Gasteiger partial charge in [-0.3, -0.25) is 9.36 Å². The first kappa shape index (κ1) is 23.5. The number of benzene rings is 3. The zero-order valence-electron chi connectivity index (χ0n) is 18.0. The van der Waals surface area contributed by atoms with Gasteiger partial charge in [0, 0.05) is 16.3 Å². The molecule has 4 rings (SSSR count). The van der Waals surface area contributed by atoms with E-state index < -0.39 is 0 Å². The van der Waals surface area contributed by atoms with E-state index in [4.69, 9.17) is 16.3 Å². The van der Waals surface area contributed by atoms with Crippen molar-refractivity contribution >= 4 is 35.5 Å². The summed E-state index contributed by atoms with van der Waals surface area (Å²) in [5.74, 6) is 0.673. The van der Waals surface area contributed by atoms with Crippen LogP contribution in [-0.2, 0) is 4.79 Å².